The van der Waals surface area contributed by atoms with Gasteiger partial charge >= 0.3 is 6.09 Å². The fourth-order valence-electron chi connectivity index (χ4n) is 1.49. The Labute approximate surface area is 113 Å². The number of halogens is 2. The average molecular weight is 293 g/mol. The van der Waals surface area contributed by atoms with Gasteiger partial charge in [0.15, 0.2) is 0 Å². The highest BCUT2D eigenvalue weighted by atomic mass is 35.5. The first-order valence-corrected chi connectivity index (χ1v) is 5.67. The van der Waals surface area contributed by atoms with E-state index in [-0.39, 0.29) is 15.7 Å². The van der Waals surface area contributed by atoms with E-state index >= 15 is 0 Å². The lowest BCUT2D eigenvalue weighted by Gasteiger charge is -2.24. The van der Waals surface area contributed by atoms with Crippen LogP contribution in [0.15, 0.2) is 18.2 Å². The second-order valence-corrected chi connectivity index (χ2v) is 4.43. The monoisotopic (exact) mass is 292 g/mol. The minimum Gasteiger partial charge on any atom is -0.465 e. The first-order valence-electron chi connectivity index (χ1n) is 4.92. The number of carbonyl (C=O) groups is 1. The standard InChI is InChI=1S/C10H10Cl2N2O4/c1-6(5-13(17)18)14(10(15)16)7-2-3-8(11)9(12)4-7/h2-4,6H,5H2,1H3,(H,15,16). The van der Waals surface area contributed by atoms with Crippen molar-refractivity contribution in [3.05, 3.63) is 38.4 Å². The summed E-state index contributed by atoms with van der Waals surface area (Å²) in [6.45, 7) is 0.950. The van der Waals surface area contributed by atoms with Crippen molar-refractivity contribution >= 4 is 35.0 Å². The van der Waals surface area contributed by atoms with E-state index < -0.39 is 23.6 Å². The number of amides is 1. The van der Waals surface area contributed by atoms with Crippen LogP contribution in [0.25, 0.3) is 0 Å². The van der Waals surface area contributed by atoms with Gasteiger partial charge in [0.05, 0.1) is 10.0 Å². The fourth-order valence-corrected chi connectivity index (χ4v) is 1.78. The molecule has 0 aromatic heterocycles. The quantitative estimate of drug-likeness (QED) is 0.682. The molecule has 1 amide bonds. The smallest absolute Gasteiger partial charge is 0.412 e. The summed E-state index contributed by atoms with van der Waals surface area (Å²) in [4.78, 5) is 21.9. The van der Waals surface area contributed by atoms with Crippen molar-refractivity contribution in [2.75, 3.05) is 11.4 Å². The van der Waals surface area contributed by atoms with Gasteiger partial charge in [0.2, 0.25) is 6.54 Å². The molecule has 1 aromatic carbocycles. The predicted molar refractivity (Wildman–Crippen MR) is 68.3 cm³/mol. The van der Waals surface area contributed by atoms with Crippen LogP contribution in [0.4, 0.5) is 10.5 Å². The first kappa shape index (κ1) is 14.5. The van der Waals surface area contributed by atoms with Crippen LogP contribution in [0.3, 0.4) is 0 Å². The third-order valence-electron chi connectivity index (χ3n) is 2.24. The molecule has 0 saturated carbocycles. The molecule has 1 unspecified atom stereocenters. The minimum absolute atomic E-state index is 0.189. The van der Waals surface area contributed by atoms with Crippen LogP contribution in [0, 0.1) is 10.1 Å². The van der Waals surface area contributed by atoms with E-state index in [2.05, 4.69) is 0 Å². The Bertz CT molecular complexity index is 481. The largest absolute Gasteiger partial charge is 0.465 e. The van der Waals surface area contributed by atoms with Gasteiger partial charge in [-0.25, -0.2) is 4.79 Å². The molecule has 1 N–H and O–H groups in total. The molecule has 0 aliphatic heterocycles. The Kier molecular flexibility index (Phi) is 4.75. The molecule has 0 aliphatic carbocycles. The van der Waals surface area contributed by atoms with Gasteiger partial charge in [-0.3, -0.25) is 15.0 Å². The van der Waals surface area contributed by atoms with Crippen LogP contribution >= 0.6 is 23.2 Å². The molecule has 1 aromatic rings. The molecule has 0 radical (unpaired) electrons. The summed E-state index contributed by atoms with van der Waals surface area (Å²) < 4.78 is 0. The van der Waals surface area contributed by atoms with Crippen LogP contribution in [0.1, 0.15) is 6.92 Å². The molecule has 0 fully saturated rings. The van der Waals surface area contributed by atoms with Gasteiger partial charge in [-0.05, 0) is 25.1 Å². The SMILES string of the molecule is CC(C[N+](=O)[O-])N(C(=O)O)c1ccc(Cl)c(Cl)c1. The van der Waals surface area contributed by atoms with Crippen molar-refractivity contribution in [3.63, 3.8) is 0 Å². The Balaban J connectivity index is 3.08. The van der Waals surface area contributed by atoms with E-state index in [1.54, 1.807) is 0 Å². The molecule has 98 valence electrons. The number of nitro groups is 1. The molecule has 6 nitrogen and oxygen atoms in total. The Morgan fingerprint density at radius 3 is 2.56 bits per heavy atom. The third-order valence-corrected chi connectivity index (χ3v) is 2.98. The molecule has 0 spiro atoms. The summed E-state index contributed by atoms with van der Waals surface area (Å²) in [6.07, 6.45) is -1.29. The molecule has 8 heteroatoms. The van der Waals surface area contributed by atoms with Crippen LogP contribution in [0.2, 0.25) is 10.0 Å². The van der Waals surface area contributed by atoms with E-state index in [1.165, 1.54) is 25.1 Å². The second-order valence-electron chi connectivity index (χ2n) is 3.62. The van der Waals surface area contributed by atoms with E-state index in [0.29, 0.717) is 0 Å². The maximum absolute atomic E-state index is 11.1. The molecule has 0 saturated heterocycles. The number of benzene rings is 1. The number of anilines is 1. The molecule has 0 aliphatic rings. The number of hydrogen-bond donors (Lipinski definition) is 1. The van der Waals surface area contributed by atoms with E-state index in [9.17, 15) is 14.9 Å². The maximum Gasteiger partial charge on any atom is 0.412 e. The fraction of sp³-hybridized carbons (Fsp3) is 0.300. The summed E-state index contributed by atoms with van der Waals surface area (Å²) >= 11 is 11.5. The van der Waals surface area contributed by atoms with Gasteiger partial charge in [0.1, 0.15) is 6.04 Å². The van der Waals surface area contributed by atoms with Crippen LogP contribution < -0.4 is 4.90 Å². The summed E-state index contributed by atoms with van der Waals surface area (Å²) in [6, 6.07) is 3.43. The van der Waals surface area contributed by atoms with Crippen LogP contribution in [-0.2, 0) is 0 Å². The summed E-state index contributed by atoms with van der Waals surface area (Å²) in [5, 5.41) is 20.0. The van der Waals surface area contributed by atoms with E-state index in [0.717, 1.165) is 4.90 Å². The molecule has 0 bridgehead atoms. The zero-order chi connectivity index (χ0) is 13.9. The predicted octanol–water partition coefficient (Wildman–Crippen LogP) is 3.14. The average Bonchev–Trinajstić information content (AvgIpc) is 2.21. The molecule has 18 heavy (non-hydrogen) atoms. The second kappa shape index (κ2) is 5.88. The lowest BCUT2D eigenvalue weighted by molar-refractivity contribution is -0.481. The van der Waals surface area contributed by atoms with Crippen LogP contribution in [-0.4, -0.2) is 28.7 Å². The van der Waals surface area contributed by atoms with Gasteiger partial charge in [-0.2, -0.15) is 0 Å². The van der Waals surface area contributed by atoms with Crippen molar-refractivity contribution in [3.8, 4) is 0 Å². The summed E-state index contributed by atoms with van der Waals surface area (Å²) in [5.74, 6) is 0. The Hall–Kier alpha value is -1.53. The first-order chi connectivity index (χ1) is 8.32. The van der Waals surface area contributed by atoms with Gasteiger partial charge < -0.3 is 5.11 Å². The molecule has 1 rings (SSSR count). The van der Waals surface area contributed by atoms with Crippen molar-refractivity contribution < 1.29 is 14.8 Å². The van der Waals surface area contributed by atoms with E-state index in [1.807, 2.05) is 0 Å². The van der Waals surface area contributed by atoms with Crippen LogP contribution in [0.5, 0.6) is 0 Å². The number of carboxylic acid groups (broad SMARTS) is 1. The topological polar surface area (TPSA) is 83.7 Å². The lowest BCUT2D eigenvalue weighted by Crippen LogP contribution is -2.41. The van der Waals surface area contributed by atoms with Crippen molar-refractivity contribution in [1.29, 1.82) is 0 Å². The van der Waals surface area contributed by atoms with Gasteiger partial charge in [-0.15, -0.1) is 0 Å². The van der Waals surface area contributed by atoms with Gasteiger partial charge in [0, 0.05) is 10.6 Å². The van der Waals surface area contributed by atoms with Crippen molar-refractivity contribution in [1.82, 2.24) is 0 Å². The highest BCUT2D eigenvalue weighted by Gasteiger charge is 2.25. The molecular weight excluding hydrogens is 283 g/mol. The molecule has 1 atom stereocenters. The van der Waals surface area contributed by atoms with E-state index in [4.69, 9.17) is 28.3 Å². The summed E-state index contributed by atoms with van der Waals surface area (Å²) in [5.41, 5.74) is 0.242. The normalized spacial score (nSPS) is 11.9. The van der Waals surface area contributed by atoms with Crippen molar-refractivity contribution in [2.24, 2.45) is 0 Å². The Morgan fingerprint density at radius 2 is 2.11 bits per heavy atom. The number of hydrogen-bond acceptors (Lipinski definition) is 3. The third kappa shape index (κ3) is 3.48. The molecular formula is C10H10Cl2N2O4. The van der Waals surface area contributed by atoms with Crippen molar-refractivity contribution in [2.45, 2.75) is 13.0 Å². The van der Waals surface area contributed by atoms with Gasteiger partial charge in [-0.1, -0.05) is 23.2 Å². The van der Waals surface area contributed by atoms with Gasteiger partial charge in [0.25, 0.3) is 0 Å². The molecule has 0 heterocycles. The number of rotatable bonds is 4. The highest BCUT2D eigenvalue weighted by molar-refractivity contribution is 6.42. The lowest BCUT2D eigenvalue weighted by atomic mass is 10.2. The number of nitrogens with zero attached hydrogens (tertiary/aromatic N) is 2. The summed E-state index contributed by atoms with van der Waals surface area (Å²) in [7, 11) is 0. The maximum atomic E-state index is 11.1. The Morgan fingerprint density at radius 1 is 1.50 bits per heavy atom. The highest BCUT2D eigenvalue weighted by Crippen LogP contribution is 2.28. The zero-order valence-electron chi connectivity index (χ0n) is 9.34. The minimum atomic E-state index is -1.29. The zero-order valence-corrected chi connectivity index (χ0v) is 10.9.